The Bertz CT molecular complexity index is 1410. The fourth-order valence-corrected chi connectivity index (χ4v) is 7.77. The van der Waals surface area contributed by atoms with Gasteiger partial charge in [-0.25, -0.2) is 8.42 Å². The SMILES string of the molecule is CCN(CC)c1ccc(C2Nc3ccc(S(=O)(=O)N4CCc5ccccc54)cc3C3C=CCC32)cc1. The van der Waals surface area contributed by atoms with E-state index in [0.717, 1.165) is 48.4 Å². The lowest BCUT2D eigenvalue weighted by Gasteiger charge is -2.38. The number of hydrogen-bond donors (Lipinski definition) is 1. The Balaban J connectivity index is 1.32. The Labute approximate surface area is 214 Å². The molecule has 2 aliphatic heterocycles. The molecule has 2 heterocycles. The maximum Gasteiger partial charge on any atom is 0.264 e. The molecular formula is C30H33N3O2S. The van der Waals surface area contributed by atoms with Crippen molar-refractivity contribution in [1.29, 1.82) is 0 Å². The quantitative estimate of drug-likeness (QED) is 0.416. The van der Waals surface area contributed by atoms with Gasteiger partial charge in [-0.05, 0) is 85.7 Å². The number of benzene rings is 3. The van der Waals surface area contributed by atoms with Gasteiger partial charge in [-0.1, -0.05) is 42.5 Å². The molecule has 5 nitrogen and oxygen atoms in total. The number of nitrogens with one attached hydrogen (secondary N) is 1. The summed E-state index contributed by atoms with van der Waals surface area (Å²) in [6, 6.07) is 22.6. The fourth-order valence-electron chi connectivity index (χ4n) is 6.23. The van der Waals surface area contributed by atoms with Gasteiger partial charge in [-0.2, -0.15) is 0 Å². The molecule has 3 atom stereocenters. The van der Waals surface area contributed by atoms with Crippen LogP contribution in [0.1, 0.15) is 48.9 Å². The van der Waals surface area contributed by atoms with E-state index in [0.29, 0.717) is 17.4 Å². The van der Waals surface area contributed by atoms with Crippen molar-refractivity contribution in [2.75, 3.05) is 34.2 Å². The molecule has 0 aromatic heterocycles. The molecule has 3 unspecified atom stereocenters. The van der Waals surface area contributed by atoms with Crippen LogP contribution in [0.4, 0.5) is 17.1 Å². The second kappa shape index (κ2) is 9.00. The molecule has 1 N–H and O–H groups in total. The fraction of sp³-hybridized carbons (Fsp3) is 0.333. The third-order valence-electron chi connectivity index (χ3n) is 8.15. The highest BCUT2D eigenvalue weighted by Crippen LogP contribution is 2.50. The molecule has 0 radical (unpaired) electrons. The van der Waals surface area contributed by atoms with Gasteiger partial charge in [-0.15, -0.1) is 0 Å². The average molecular weight is 500 g/mol. The molecule has 0 spiro atoms. The molecule has 36 heavy (non-hydrogen) atoms. The first-order valence-corrected chi connectivity index (χ1v) is 14.5. The van der Waals surface area contributed by atoms with Crippen molar-refractivity contribution in [3.05, 3.63) is 95.6 Å². The molecule has 6 rings (SSSR count). The van der Waals surface area contributed by atoms with E-state index in [1.165, 1.54) is 11.3 Å². The Morgan fingerprint density at radius 2 is 1.78 bits per heavy atom. The van der Waals surface area contributed by atoms with Crippen LogP contribution in [0.3, 0.4) is 0 Å². The van der Waals surface area contributed by atoms with Crippen LogP contribution in [0.25, 0.3) is 0 Å². The van der Waals surface area contributed by atoms with Gasteiger partial charge in [0, 0.05) is 36.9 Å². The summed E-state index contributed by atoms with van der Waals surface area (Å²) >= 11 is 0. The first-order chi connectivity index (χ1) is 17.5. The highest BCUT2D eigenvalue weighted by molar-refractivity contribution is 7.92. The number of rotatable bonds is 6. The van der Waals surface area contributed by atoms with Gasteiger partial charge < -0.3 is 10.2 Å². The molecule has 0 amide bonds. The summed E-state index contributed by atoms with van der Waals surface area (Å²) in [6.07, 6.45) is 6.25. The molecule has 3 aromatic carbocycles. The van der Waals surface area contributed by atoms with Gasteiger partial charge >= 0.3 is 0 Å². The van der Waals surface area contributed by atoms with Crippen molar-refractivity contribution in [2.45, 2.75) is 43.5 Å². The molecule has 0 bridgehead atoms. The van der Waals surface area contributed by atoms with Crippen molar-refractivity contribution in [2.24, 2.45) is 5.92 Å². The molecule has 186 valence electrons. The molecular weight excluding hydrogens is 466 g/mol. The third kappa shape index (κ3) is 3.70. The molecule has 0 saturated carbocycles. The summed E-state index contributed by atoms with van der Waals surface area (Å²) in [6.45, 7) is 6.85. The molecule has 0 fully saturated rings. The number of sulfonamides is 1. The van der Waals surface area contributed by atoms with E-state index >= 15 is 0 Å². The summed E-state index contributed by atoms with van der Waals surface area (Å²) < 4.78 is 28.9. The van der Waals surface area contributed by atoms with E-state index in [4.69, 9.17) is 0 Å². The Hall–Kier alpha value is -3.25. The van der Waals surface area contributed by atoms with Crippen molar-refractivity contribution in [3.63, 3.8) is 0 Å². The van der Waals surface area contributed by atoms with Crippen LogP contribution in [-0.4, -0.2) is 28.1 Å². The van der Waals surface area contributed by atoms with Crippen LogP contribution in [0.2, 0.25) is 0 Å². The van der Waals surface area contributed by atoms with Crippen LogP contribution >= 0.6 is 0 Å². The lowest BCUT2D eigenvalue weighted by atomic mass is 9.77. The highest BCUT2D eigenvalue weighted by Gasteiger charge is 2.39. The van der Waals surface area contributed by atoms with E-state index in [2.05, 4.69) is 60.5 Å². The maximum atomic E-state index is 13.7. The van der Waals surface area contributed by atoms with Crippen LogP contribution in [0.5, 0.6) is 0 Å². The van der Waals surface area contributed by atoms with Gasteiger partial charge in [0.1, 0.15) is 0 Å². The van der Waals surface area contributed by atoms with Crippen LogP contribution in [0, 0.1) is 5.92 Å². The van der Waals surface area contributed by atoms with E-state index in [-0.39, 0.29) is 12.0 Å². The normalized spacial score (nSPS) is 22.1. The third-order valence-corrected chi connectivity index (χ3v) is 9.96. The number of fused-ring (bicyclic) bond motifs is 4. The zero-order valence-electron chi connectivity index (χ0n) is 20.9. The monoisotopic (exact) mass is 499 g/mol. The van der Waals surface area contributed by atoms with Crippen LogP contribution in [0.15, 0.2) is 83.8 Å². The lowest BCUT2D eigenvalue weighted by Crippen LogP contribution is -2.31. The maximum absolute atomic E-state index is 13.7. The number of para-hydroxylation sites is 1. The van der Waals surface area contributed by atoms with Gasteiger partial charge in [0.05, 0.1) is 16.6 Å². The van der Waals surface area contributed by atoms with E-state index in [1.807, 2.05) is 36.4 Å². The van der Waals surface area contributed by atoms with E-state index in [1.54, 1.807) is 10.4 Å². The zero-order valence-corrected chi connectivity index (χ0v) is 21.7. The largest absolute Gasteiger partial charge is 0.378 e. The number of allylic oxidation sites excluding steroid dienone is 2. The topological polar surface area (TPSA) is 52.7 Å². The standard InChI is InChI=1S/C30H33N3O2S/c1-3-32(4-2)23-14-12-22(13-15-23)30-26-10-7-9-25(26)27-20-24(16-17-28(27)31-30)36(34,35)33-19-18-21-8-5-6-11-29(21)33/h5-9,11-17,20,25-26,30-31H,3-4,10,18-19H2,1-2H3. The molecule has 0 saturated heterocycles. The van der Waals surface area contributed by atoms with Crippen LogP contribution < -0.4 is 14.5 Å². The predicted molar refractivity (Wildman–Crippen MR) is 147 cm³/mol. The van der Waals surface area contributed by atoms with Gasteiger partial charge in [0.15, 0.2) is 0 Å². The number of hydrogen-bond acceptors (Lipinski definition) is 4. The summed E-state index contributed by atoms with van der Waals surface area (Å²) in [4.78, 5) is 2.73. The summed E-state index contributed by atoms with van der Waals surface area (Å²) in [5.74, 6) is 0.567. The summed E-state index contributed by atoms with van der Waals surface area (Å²) in [7, 11) is -3.62. The van der Waals surface area contributed by atoms with Crippen molar-refractivity contribution in [1.82, 2.24) is 0 Å². The first-order valence-electron chi connectivity index (χ1n) is 13.0. The van der Waals surface area contributed by atoms with Gasteiger partial charge in [-0.3, -0.25) is 4.31 Å². The van der Waals surface area contributed by atoms with Crippen molar-refractivity contribution >= 4 is 27.1 Å². The second-order valence-electron chi connectivity index (χ2n) is 9.94. The molecule has 3 aromatic rings. The molecule has 3 aliphatic rings. The zero-order chi connectivity index (χ0) is 24.9. The van der Waals surface area contributed by atoms with Gasteiger partial charge in [0.2, 0.25) is 0 Å². The summed E-state index contributed by atoms with van der Waals surface area (Å²) in [5.41, 5.74) is 6.54. The minimum absolute atomic E-state index is 0.191. The van der Waals surface area contributed by atoms with Gasteiger partial charge in [0.25, 0.3) is 10.0 Å². The molecule has 1 aliphatic carbocycles. The van der Waals surface area contributed by atoms with Crippen molar-refractivity contribution < 1.29 is 8.42 Å². The minimum Gasteiger partial charge on any atom is -0.378 e. The highest BCUT2D eigenvalue weighted by atomic mass is 32.2. The van der Waals surface area contributed by atoms with E-state index in [9.17, 15) is 8.42 Å². The first kappa shape index (κ1) is 23.2. The second-order valence-corrected chi connectivity index (χ2v) is 11.8. The van der Waals surface area contributed by atoms with Crippen molar-refractivity contribution in [3.8, 4) is 0 Å². The Morgan fingerprint density at radius 1 is 1.00 bits per heavy atom. The lowest BCUT2D eigenvalue weighted by molar-refractivity contribution is 0.425. The Kier molecular flexibility index (Phi) is 5.79. The number of nitrogens with zero attached hydrogens (tertiary/aromatic N) is 2. The van der Waals surface area contributed by atoms with Crippen LogP contribution in [-0.2, 0) is 16.4 Å². The average Bonchev–Trinajstić information content (AvgIpc) is 3.57. The smallest absolute Gasteiger partial charge is 0.264 e. The molecule has 6 heteroatoms. The van der Waals surface area contributed by atoms with E-state index < -0.39 is 10.0 Å². The summed E-state index contributed by atoms with van der Waals surface area (Å²) in [5, 5.41) is 3.76. The minimum atomic E-state index is -3.62. The predicted octanol–water partition coefficient (Wildman–Crippen LogP) is 6.11. The number of anilines is 3. The Morgan fingerprint density at radius 3 is 2.56 bits per heavy atom.